The van der Waals surface area contributed by atoms with Crippen molar-refractivity contribution in [3.63, 3.8) is 0 Å². The summed E-state index contributed by atoms with van der Waals surface area (Å²) in [6, 6.07) is 16.3. The highest BCUT2D eigenvalue weighted by Crippen LogP contribution is 2.20. The van der Waals surface area contributed by atoms with Crippen LogP contribution in [0.2, 0.25) is 0 Å². The highest BCUT2D eigenvalue weighted by molar-refractivity contribution is 5.83. The molecule has 1 amide bonds. The van der Waals surface area contributed by atoms with Crippen LogP contribution in [-0.2, 0) is 11.2 Å². The summed E-state index contributed by atoms with van der Waals surface area (Å²) in [5, 5.41) is 1.23. The van der Waals surface area contributed by atoms with Crippen molar-refractivity contribution in [3.8, 4) is 0 Å². The molecule has 0 bridgehead atoms. The lowest BCUT2D eigenvalue weighted by molar-refractivity contribution is -0.107. The average molecular weight is 278 g/mol. The largest absolute Gasteiger partial charge is 0.361 e. The molecule has 3 heteroatoms. The van der Waals surface area contributed by atoms with Gasteiger partial charge in [0.2, 0.25) is 6.41 Å². The third-order valence-electron chi connectivity index (χ3n) is 3.76. The molecule has 1 N–H and O–H groups in total. The molecular formula is C18H18N2O. The topological polar surface area (TPSA) is 36.1 Å². The van der Waals surface area contributed by atoms with E-state index in [1.54, 1.807) is 4.90 Å². The van der Waals surface area contributed by atoms with E-state index in [-0.39, 0.29) is 0 Å². The van der Waals surface area contributed by atoms with Gasteiger partial charge in [0, 0.05) is 29.3 Å². The van der Waals surface area contributed by atoms with Crippen LogP contribution in [0.1, 0.15) is 11.1 Å². The van der Waals surface area contributed by atoms with E-state index in [9.17, 15) is 4.79 Å². The van der Waals surface area contributed by atoms with Crippen LogP contribution in [0, 0.1) is 6.92 Å². The number of nitrogens with zero attached hydrogens (tertiary/aromatic N) is 1. The van der Waals surface area contributed by atoms with Crippen molar-refractivity contribution in [1.29, 1.82) is 0 Å². The Hall–Kier alpha value is -2.55. The lowest BCUT2D eigenvalue weighted by Gasteiger charge is -2.17. The maximum atomic E-state index is 11.4. The van der Waals surface area contributed by atoms with E-state index in [2.05, 4.69) is 17.1 Å². The number of aryl methyl sites for hydroxylation is 1. The van der Waals surface area contributed by atoms with Crippen LogP contribution >= 0.6 is 0 Å². The van der Waals surface area contributed by atoms with E-state index >= 15 is 0 Å². The molecule has 3 rings (SSSR count). The number of carbonyl (C=O) groups excluding carboxylic acids is 1. The van der Waals surface area contributed by atoms with Crippen molar-refractivity contribution < 1.29 is 4.79 Å². The lowest BCUT2D eigenvalue weighted by atomic mass is 10.1. The number of aromatic nitrogens is 1. The molecule has 21 heavy (non-hydrogen) atoms. The van der Waals surface area contributed by atoms with Crippen molar-refractivity contribution in [2.75, 3.05) is 11.4 Å². The predicted molar refractivity (Wildman–Crippen MR) is 86.6 cm³/mol. The molecule has 2 aromatic carbocycles. The Morgan fingerprint density at radius 1 is 1.14 bits per heavy atom. The van der Waals surface area contributed by atoms with E-state index in [4.69, 9.17) is 0 Å². The average Bonchev–Trinajstić information content (AvgIpc) is 2.91. The van der Waals surface area contributed by atoms with Gasteiger partial charge in [-0.1, -0.05) is 30.3 Å². The van der Waals surface area contributed by atoms with Gasteiger partial charge in [-0.25, -0.2) is 0 Å². The summed E-state index contributed by atoms with van der Waals surface area (Å²) < 4.78 is 0. The Balaban J connectivity index is 1.78. The van der Waals surface area contributed by atoms with Crippen LogP contribution in [0.3, 0.4) is 0 Å². The van der Waals surface area contributed by atoms with Gasteiger partial charge in [-0.3, -0.25) is 4.79 Å². The minimum atomic E-state index is 0.675. The zero-order chi connectivity index (χ0) is 14.7. The zero-order valence-corrected chi connectivity index (χ0v) is 12.0. The summed E-state index contributed by atoms with van der Waals surface area (Å²) >= 11 is 0. The molecule has 0 atom stereocenters. The maximum Gasteiger partial charge on any atom is 0.214 e. The van der Waals surface area contributed by atoms with Crippen molar-refractivity contribution in [2.24, 2.45) is 0 Å². The summed E-state index contributed by atoms with van der Waals surface area (Å²) in [5.74, 6) is 0. The number of rotatable bonds is 5. The Bertz CT molecular complexity index is 761. The van der Waals surface area contributed by atoms with Crippen LogP contribution in [-0.4, -0.2) is 17.9 Å². The number of nitrogens with one attached hydrogen (secondary N) is 1. The van der Waals surface area contributed by atoms with E-state index < -0.39 is 0 Å². The Morgan fingerprint density at radius 3 is 2.81 bits per heavy atom. The number of para-hydroxylation sites is 1. The second-order valence-electron chi connectivity index (χ2n) is 5.25. The van der Waals surface area contributed by atoms with Gasteiger partial charge >= 0.3 is 0 Å². The first-order chi connectivity index (χ1) is 10.3. The minimum Gasteiger partial charge on any atom is -0.361 e. The molecule has 0 fully saturated rings. The van der Waals surface area contributed by atoms with Crippen LogP contribution < -0.4 is 4.90 Å². The Labute approximate surface area is 124 Å². The summed E-state index contributed by atoms with van der Waals surface area (Å²) in [7, 11) is 0. The number of hydrogen-bond donors (Lipinski definition) is 1. The fraction of sp³-hybridized carbons (Fsp3) is 0.167. The molecule has 3 aromatic rings. The molecule has 0 aliphatic heterocycles. The first-order valence-corrected chi connectivity index (χ1v) is 7.11. The van der Waals surface area contributed by atoms with Gasteiger partial charge in [-0.2, -0.15) is 0 Å². The number of amides is 1. The Kier molecular flexibility index (Phi) is 3.73. The van der Waals surface area contributed by atoms with Gasteiger partial charge in [0.15, 0.2) is 0 Å². The number of H-pyrrole nitrogens is 1. The van der Waals surface area contributed by atoms with E-state index in [0.717, 1.165) is 29.6 Å². The molecule has 0 aliphatic carbocycles. The highest BCUT2D eigenvalue weighted by Gasteiger charge is 2.08. The molecule has 106 valence electrons. The quantitative estimate of drug-likeness (QED) is 0.710. The number of anilines is 1. The van der Waals surface area contributed by atoms with Gasteiger partial charge in [-0.05, 0) is 42.7 Å². The molecular weight excluding hydrogens is 260 g/mol. The van der Waals surface area contributed by atoms with Crippen LogP contribution in [0.25, 0.3) is 10.9 Å². The zero-order valence-electron chi connectivity index (χ0n) is 12.0. The van der Waals surface area contributed by atoms with Crippen LogP contribution in [0.5, 0.6) is 0 Å². The number of fused-ring (bicyclic) bond motifs is 1. The van der Waals surface area contributed by atoms with Gasteiger partial charge in [0.05, 0.1) is 0 Å². The summed E-state index contributed by atoms with van der Waals surface area (Å²) in [6.07, 6.45) is 3.77. The summed E-state index contributed by atoms with van der Waals surface area (Å²) in [4.78, 5) is 16.4. The van der Waals surface area contributed by atoms with Gasteiger partial charge in [-0.15, -0.1) is 0 Å². The number of aromatic amines is 1. The Morgan fingerprint density at radius 2 is 2.00 bits per heavy atom. The third kappa shape index (κ3) is 2.82. The van der Waals surface area contributed by atoms with Crippen molar-refractivity contribution in [1.82, 2.24) is 4.98 Å². The molecule has 0 saturated carbocycles. The van der Waals surface area contributed by atoms with Crippen molar-refractivity contribution in [2.45, 2.75) is 13.3 Å². The normalized spacial score (nSPS) is 10.7. The molecule has 1 heterocycles. The van der Waals surface area contributed by atoms with Gasteiger partial charge in [0.1, 0.15) is 0 Å². The second-order valence-corrected chi connectivity index (χ2v) is 5.25. The van der Waals surface area contributed by atoms with E-state index in [0.29, 0.717) is 6.54 Å². The fourth-order valence-electron chi connectivity index (χ4n) is 2.63. The first kappa shape index (κ1) is 13.4. The smallest absolute Gasteiger partial charge is 0.214 e. The third-order valence-corrected chi connectivity index (χ3v) is 3.76. The maximum absolute atomic E-state index is 11.4. The van der Waals surface area contributed by atoms with Crippen LogP contribution in [0.4, 0.5) is 5.69 Å². The predicted octanol–water partition coefficient (Wildman–Crippen LogP) is 3.68. The standard InChI is InChI=1S/C18H18N2O/c1-14-5-4-6-16(11-14)20(13-21)10-9-15-12-19-18-8-3-2-7-17(15)18/h2-8,11-13,19H,9-10H2,1H3. The lowest BCUT2D eigenvalue weighted by Crippen LogP contribution is -2.23. The van der Waals surface area contributed by atoms with E-state index in [1.807, 2.05) is 49.5 Å². The van der Waals surface area contributed by atoms with Gasteiger partial charge in [0.25, 0.3) is 0 Å². The SMILES string of the molecule is Cc1cccc(N(C=O)CCc2c[nH]c3ccccc23)c1. The number of benzene rings is 2. The molecule has 0 radical (unpaired) electrons. The van der Waals surface area contributed by atoms with Crippen LogP contribution in [0.15, 0.2) is 54.7 Å². The van der Waals surface area contributed by atoms with E-state index in [1.165, 1.54) is 10.9 Å². The summed E-state index contributed by atoms with van der Waals surface area (Å²) in [6.45, 7) is 2.71. The minimum absolute atomic E-state index is 0.675. The first-order valence-electron chi connectivity index (χ1n) is 7.11. The fourth-order valence-corrected chi connectivity index (χ4v) is 2.63. The molecule has 1 aromatic heterocycles. The van der Waals surface area contributed by atoms with Crippen molar-refractivity contribution >= 4 is 23.0 Å². The van der Waals surface area contributed by atoms with Crippen molar-refractivity contribution in [3.05, 3.63) is 65.9 Å². The highest BCUT2D eigenvalue weighted by atomic mass is 16.1. The second kappa shape index (κ2) is 5.83. The molecule has 0 aliphatic rings. The molecule has 0 spiro atoms. The number of hydrogen-bond acceptors (Lipinski definition) is 1. The molecule has 0 saturated heterocycles. The monoisotopic (exact) mass is 278 g/mol. The molecule has 0 unspecified atom stereocenters. The molecule has 3 nitrogen and oxygen atoms in total. The number of carbonyl (C=O) groups is 1. The van der Waals surface area contributed by atoms with Gasteiger partial charge < -0.3 is 9.88 Å². The summed E-state index contributed by atoms with van der Waals surface area (Å²) in [5.41, 5.74) is 4.49.